The van der Waals surface area contributed by atoms with Crippen molar-refractivity contribution in [3.8, 4) is 22.3 Å². The summed E-state index contributed by atoms with van der Waals surface area (Å²) >= 11 is 0. The van der Waals surface area contributed by atoms with E-state index in [2.05, 4.69) is 19.1 Å². The van der Waals surface area contributed by atoms with E-state index >= 15 is 0 Å². The number of benzene rings is 4. The molecular formula is C27H20F4. The lowest BCUT2D eigenvalue weighted by Gasteiger charge is -2.13. The number of hydrogen-bond acceptors (Lipinski definition) is 0. The normalized spacial score (nSPS) is 12.0. The molecule has 0 spiro atoms. The molecule has 0 amide bonds. The third-order valence-electron chi connectivity index (χ3n) is 5.45. The average Bonchev–Trinajstić information content (AvgIpc) is 2.77. The fourth-order valence-corrected chi connectivity index (χ4v) is 3.75. The molecule has 156 valence electrons. The summed E-state index contributed by atoms with van der Waals surface area (Å²) in [6, 6.07) is 23.0. The highest BCUT2D eigenvalue weighted by molar-refractivity contribution is 5.72. The Morgan fingerprint density at radius 1 is 0.581 bits per heavy atom. The van der Waals surface area contributed by atoms with Crippen molar-refractivity contribution in [3.05, 3.63) is 119 Å². The molecule has 0 aliphatic heterocycles. The van der Waals surface area contributed by atoms with Gasteiger partial charge in [-0.05, 0) is 64.4 Å². The van der Waals surface area contributed by atoms with Crippen molar-refractivity contribution in [1.29, 1.82) is 0 Å². The molecule has 4 aromatic rings. The zero-order valence-electron chi connectivity index (χ0n) is 16.9. The van der Waals surface area contributed by atoms with Gasteiger partial charge in [-0.25, -0.2) is 17.6 Å². The van der Waals surface area contributed by atoms with Crippen molar-refractivity contribution in [2.24, 2.45) is 0 Å². The van der Waals surface area contributed by atoms with Crippen molar-refractivity contribution in [1.82, 2.24) is 0 Å². The van der Waals surface area contributed by atoms with E-state index in [1.165, 1.54) is 17.7 Å². The third kappa shape index (κ3) is 4.53. The van der Waals surface area contributed by atoms with Crippen molar-refractivity contribution < 1.29 is 17.6 Å². The van der Waals surface area contributed by atoms with Crippen LogP contribution in [0.5, 0.6) is 0 Å². The summed E-state index contributed by atoms with van der Waals surface area (Å²) in [6.45, 7) is 2.16. The molecule has 0 radical (unpaired) electrons. The van der Waals surface area contributed by atoms with Crippen LogP contribution in [0.2, 0.25) is 0 Å². The Balaban J connectivity index is 1.58. The summed E-state index contributed by atoms with van der Waals surface area (Å²) in [5.74, 6) is -3.54. The van der Waals surface area contributed by atoms with Crippen LogP contribution in [0.4, 0.5) is 17.6 Å². The van der Waals surface area contributed by atoms with Crippen LogP contribution in [-0.2, 0) is 6.42 Å². The summed E-state index contributed by atoms with van der Waals surface area (Å²) in [7, 11) is 0. The van der Waals surface area contributed by atoms with Crippen molar-refractivity contribution >= 4 is 0 Å². The van der Waals surface area contributed by atoms with Crippen LogP contribution >= 0.6 is 0 Å². The van der Waals surface area contributed by atoms with Gasteiger partial charge < -0.3 is 0 Å². The van der Waals surface area contributed by atoms with Gasteiger partial charge in [-0.1, -0.05) is 67.6 Å². The molecule has 0 bridgehead atoms. The lowest BCUT2D eigenvalue weighted by atomic mass is 9.92. The topological polar surface area (TPSA) is 0 Å². The molecule has 31 heavy (non-hydrogen) atoms. The quantitative estimate of drug-likeness (QED) is 0.288. The highest BCUT2D eigenvalue weighted by Crippen LogP contribution is 2.32. The van der Waals surface area contributed by atoms with Crippen LogP contribution in [0.1, 0.15) is 24.0 Å². The smallest absolute Gasteiger partial charge is 0.159 e. The first-order valence-electron chi connectivity index (χ1n) is 10.0. The lowest BCUT2D eigenvalue weighted by molar-refractivity contribution is 0.508. The van der Waals surface area contributed by atoms with Crippen LogP contribution in [0.3, 0.4) is 0 Å². The molecule has 0 nitrogen and oxygen atoms in total. The zero-order valence-corrected chi connectivity index (χ0v) is 16.9. The van der Waals surface area contributed by atoms with Gasteiger partial charge in [0.2, 0.25) is 0 Å². The first kappa shape index (κ1) is 20.9. The largest absolute Gasteiger partial charge is 0.206 e. The molecule has 1 atom stereocenters. The Kier molecular flexibility index (Phi) is 5.90. The molecule has 4 rings (SSSR count). The Morgan fingerprint density at radius 3 is 1.77 bits per heavy atom. The minimum absolute atomic E-state index is 0.0503. The van der Waals surface area contributed by atoms with E-state index in [-0.39, 0.29) is 11.1 Å². The maximum absolute atomic E-state index is 14.7. The van der Waals surface area contributed by atoms with Crippen molar-refractivity contribution in [2.45, 2.75) is 19.3 Å². The van der Waals surface area contributed by atoms with Crippen LogP contribution in [0.15, 0.2) is 84.9 Å². The van der Waals surface area contributed by atoms with Crippen LogP contribution in [0.25, 0.3) is 22.3 Å². The predicted octanol–water partition coefficient (Wildman–Crippen LogP) is 7.92. The van der Waals surface area contributed by atoms with E-state index in [0.29, 0.717) is 17.0 Å². The maximum Gasteiger partial charge on any atom is 0.159 e. The second-order valence-electron chi connectivity index (χ2n) is 7.66. The Bertz CT molecular complexity index is 1170. The summed E-state index contributed by atoms with van der Waals surface area (Å²) in [5, 5.41) is 0. The average molecular weight is 420 g/mol. The second-order valence-corrected chi connectivity index (χ2v) is 7.66. The SMILES string of the molecule is C[C@H](Cc1ccc(-c2cc(F)c(-c3ccc(F)c(F)c3)c(F)c2)cc1)c1ccccc1. The van der Waals surface area contributed by atoms with Crippen molar-refractivity contribution in [2.75, 3.05) is 0 Å². The molecular weight excluding hydrogens is 400 g/mol. The van der Waals surface area contributed by atoms with Gasteiger partial charge in [0, 0.05) is 0 Å². The molecule has 0 aliphatic carbocycles. The molecule has 0 aromatic heterocycles. The summed E-state index contributed by atoms with van der Waals surface area (Å²) in [6.07, 6.45) is 0.849. The second kappa shape index (κ2) is 8.76. The maximum atomic E-state index is 14.7. The molecule has 0 fully saturated rings. The van der Waals surface area contributed by atoms with Gasteiger partial charge in [-0.15, -0.1) is 0 Å². The minimum atomic E-state index is -1.15. The molecule has 0 heterocycles. The summed E-state index contributed by atoms with van der Waals surface area (Å²) < 4.78 is 56.0. The number of rotatable bonds is 5. The van der Waals surface area contributed by atoms with E-state index < -0.39 is 23.3 Å². The fourth-order valence-electron chi connectivity index (χ4n) is 3.75. The van der Waals surface area contributed by atoms with E-state index in [1.807, 2.05) is 42.5 Å². The fraction of sp³-hybridized carbons (Fsp3) is 0.111. The van der Waals surface area contributed by atoms with E-state index in [1.54, 1.807) is 0 Å². The van der Waals surface area contributed by atoms with Gasteiger partial charge in [0.25, 0.3) is 0 Å². The molecule has 0 saturated carbocycles. The molecule has 0 saturated heterocycles. The molecule has 0 unspecified atom stereocenters. The van der Waals surface area contributed by atoms with E-state index in [4.69, 9.17) is 0 Å². The Morgan fingerprint density at radius 2 is 1.16 bits per heavy atom. The minimum Gasteiger partial charge on any atom is -0.206 e. The highest BCUT2D eigenvalue weighted by atomic mass is 19.2. The predicted molar refractivity (Wildman–Crippen MR) is 116 cm³/mol. The lowest BCUT2D eigenvalue weighted by Crippen LogP contribution is -1.98. The summed E-state index contributed by atoms with van der Waals surface area (Å²) in [4.78, 5) is 0. The number of hydrogen-bond donors (Lipinski definition) is 0. The standard InChI is InChI=1S/C27H20F4/c1-17(19-5-3-2-4-6-19)13-18-7-9-20(10-8-18)22-15-25(30)27(26(31)16-22)21-11-12-23(28)24(29)14-21/h2-12,14-17H,13H2,1H3/t17-/m1/s1. The summed E-state index contributed by atoms with van der Waals surface area (Å²) in [5.41, 5.74) is 3.00. The first-order valence-corrected chi connectivity index (χ1v) is 10.0. The highest BCUT2D eigenvalue weighted by Gasteiger charge is 2.16. The molecule has 0 N–H and O–H groups in total. The first-order chi connectivity index (χ1) is 14.9. The van der Waals surface area contributed by atoms with Gasteiger partial charge in [-0.3, -0.25) is 0 Å². The van der Waals surface area contributed by atoms with Gasteiger partial charge >= 0.3 is 0 Å². The van der Waals surface area contributed by atoms with Gasteiger partial charge in [0.1, 0.15) is 11.6 Å². The van der Waals surface area contributed by atoms with Gasteiger partial charge in [0.15, 0.2) is 11.6 Å². The van der Waals surface area contributed by atoms with Crippen LogP contribution in [-0.4, -0.2) is 0 Å². The van der Waals surface area contributed by atoms with E-state index in [9.17, 15) is 17.6 Å². The Hall–Kier alpha value is -3.40. The van der Waals surface area contributed by atoms with E-state index in [0.717, 1.165) is 30.2 Å². The number of halogens is 4. The zero-order chi connectivity index (χ0) is 22.0. The van der Waals surface area contributed by atoms with Crippen LogP contribution < -0.4 is 0 Å². The van der Waals surface area contributed by atoms with Gasteiger partial charge in [0.05, 0.1) is 5.56 Å². The molecule has 4 heteroatoms. The Labute approximate surface area is 178 Å². The van der Waals surface area contributed by atoms with Crippen LogP contribution in [0, 0.1) is 23.3 Å². The van der Waals surface area contributed by atoms with Gasteiger partial charge in [-0.2, -0.15) is 0 Å². The molecule has 0 aliphatic rings. The van der Waals surface area contributed by atoms with Crippen molar-refractivity contribution in [3.63, 3.8) is 0 Å². The third-order valence-corrected chi connectivity index (χ3v) is 5.45. The monoisotopic (exact) mass is 420 g/mol. The molecule has 4 aromatic carbocycles.